The fraction of sp³-hybridized carbons (Fsp3) is 0. The van der Waals surface area contributed by atoms with Crippen LogP contribution in [-0.2, 0) is 0 Å². The van der Waals surface area contributed by atoms with Gasteiger partial charge in [-0.2, -0.15) is 0 Å². The van der Waals surface area contributed by atoms with Crippen LogP contribution in [-0.4, -0.2) is 0 Å². The van der Waals surface area contributed by atoms with Gasteiger partial charge in [-0.1, -0.05) is 64.5 Å². The first-order valence-corrected chi connectivity index (χ1v) is 5.74. The second-order valence-electron chi connectivity index (χ2n) is 3.38. The number of halogens is 2. The van der Waals surface area contributed by atoms with E-state index in [0.717, 1.165) is 10.0 Å². The van der Waals surface area contributed by atoms with E-state index in [2.05, 4.69) is 15.9 Å². The molecule has 0 saturated carbocycles. The van der Waals surface area contributed by atoms with Crippen LogP contribution >= 0.6 is 15.9 Å². The van der Waals surface area contributed by atoms with Gasteiger partial charge in [0.2, 0.25) is 0 Å². The average Bonchev–Trinajstić information content (AvgIpc) is 2.30. The van der Waals surface area contributed by atoms with Gasteiger partial charge >= 0.3 is 0 Å². The van der Waals surface area contributed by atoms with E-state index < -0.39 is 0 Å². The fourth-order valence-electron chi connectivity index (χ4n) is 1.40. The highest BCUT2D eigenvalue weighted by atomic mass is 79.9. The van der Waals surface area contributed by atoms with Crippen LogP contribution in [0.1, 0.15) is 11.1 Å². The largest absolute Gasteiger partial charge is 0.206 e. The van der Waals surface area contributed by atoms with E-state index in [0.29, 0.717) is 5.56 Å². The molecule has 0 bridgehead atoms. The molecule has 80 valence electrons. The zero-order valence-electron chi connectivity index (χ0n) is 8.53. The van der Waals surface area contributed by atoms with E-state index in [1.54, 1.807) is 18.2 Å². The summed E-state index contributed by atoms with van der Waals surface area (Å²) in [7, 11) is 0. The molecule has 2 aromatic rings. The molecule has 16 heavy (non-hydrogen) atoms. The van der Waals surface area contributed by atoms with Gasteiger partial charge in [-0.05, 0) is 17.7 Å². The second kappa shape index (κ2) is 5.08. The van der Waals surface area contributed by atoms with E-state index in [1.807, 2.05) is 36.4 Å². The van der Waals surface area contributed by atoms with Crippen LogP contribution in [0.3, 0.4) is 0 Å². The van der Waals surface area contributed by atoms with Crippen molar-refractivity contribution in [3.63, 3.8) is 0 Å². The molecule has 0 aromatic heterocycles. The molecule has 0 aliphatic rings. The predicted molar refractivity (Wildman–Crippen MR) is 69.5 cm³/mol. The van der Waals surface area contributed by atoms with E-state index in [9.17, 15) is 4.39 Å². The first kappa shape index (κ1) is 11.1. The number of benzene rings is 2. The third-order valence-corrected chi connectivity index (χ3v) is 2.98. The van der Waals surface area contributed by atoms with Crippen LogP contribution in [0.5, 0.6) is 0 Å². The Labute approximate surface area is 103 Å². The van der Waals surface area contributed by atoms with Crippen LogP contribution in [0.2, 0.25) is 0 Å². The van der Waals surface area contributed by atoms with Crippen molar-refractivity contribution in [3.05, 3.63) is 69.9 Å². The zero-order chi connectivity index (χ0) is 11.4. The number of hydrogen-bond donors (Lipinski definition) is 0. The van der Waals surface area contributed by atoms with E-state index in [1.165, 1.54) is 6.07 Å². The summed E-state index contributed by atoms with van der Waals surface area (Å²) in [5.41, 5.74) is 1.63. The first-order valence-electron chi connectivity index (χ1n) is 4.94. The Balaban J connectivity index is 2.29. The maximum absolute atomic E-state index is 13.3. The highest BCUT2D eigenvalue weighted by molar-refractivity contribution is 9.10. The molecule has 0 N–H and O–H groups in total. The quantitative estimate of drug-likeness (QED) is 0.694. The molecule has 0 nitrogen and oxygen atoms in total. The number of hydrogen-bond acceptors (Lipinski definition) is 0. The van der Waals surface area contributed by atoms with Gasteiger partial charge in [0, 0.05) is 10.0 Å². The standard InChI is InChI=1S/C14H10BrF/c15-13-7-3-1-5-11(13)9-10-12-6-2-4-8-14(12)16/h1-10H. The molecule has 0 spiro atoms. The monoisotopic (exact) mass is 276 g/mol. The van der Waals surface area contributed by atoms with E-state index in [-0.39, 0.29) is 5.82 Å². The van der Waals surface area contributed by atoms with Crippen LogP contribution in [0.25, 0.3) is 12.2 Å². The minimum absolute atomic E-state index is 0.203. The molecule has 0 unspecified atom stereocenters. The molecule has 0 saturated heterocycles. The summed E-state index contributed by atoms with van der Waals surface area (Å²) in [5, 5.41) is 0. The Bertz CT molecular complexity index is 470. The smallest absolute Gasteiger partial charge is 0.130 e. The number of rotatable bonds is 2. The molecule has 0 amide bonds. The first-order chi connectivity index (χ1) is 7.77. The molecule has 0 aliphatic carbocycles. The molecule has 2 rings (SSSR count). The van der Waals surface area contributed by atoms with Crippen molar-refractivity contribution in [2.75, 3.05) is 0 Å². The Kier molecular flexibility index (Phi) is 3.52. The normalized spacial score (nSPS) is 10.9. The van der Waals surface area contributed by atoms with Gasteiger partial charge in [-0.25, -0.2) is 4.39 Å². The summed E-state index contributed by atoms with van der Waals surface area (Å²) in [6.45, 7) is 0. The summed E-state index contributed by atoms with van der Waals surface area (Å²) < 4.78 is 14.3. The second-order valence-corrected chi connectivity index (χ2v) is 4.23. The van der Waals surface area contributed by atoms with Crippen LogP contribution in [0.15, 0.2) is 53.0 Å². The van der Waals surface area contributed by atoms with Crippen LogP contribution in [0.4, 0.5) is 4.39 Å². The van der Waals surface area contributed by atoms with Crippen LogP contribution < -0.4 is 0 Å². The molecule has 0 radical (unpaired) electrons. The predicted octanol–water partition coefficient (Wildman–Crippen LogP) is 4.76. The van der Waals surface area contributed by atoms with Gasteiger partial charge in [0.25, 0.3) is 0 Å². The molecule has 0 heterocycles. The minimum atomic E-state index is -0.203. The third kappa shape index (κ3) is 2.58. The zero-order valence-corrected chi connectivity index (χ0v) is 10.1. The van der Waals surface area contributed by atoms with Crippen molar-refractivity contribution in [1.82, 2.24) is 0 Å². The summed E-state index contributed by atoms with van der Waals surface area (Å²) in [6, 6.07) is 14.6. The lowest BCUT2D eigenvalue weighted by Gasteiger charge is -1.98. The SMILES string of the molecule is Fc1ccccc1C=Cc1ccccc1Br. The summed E-state index contributed by atoms with van der Waals surface area (Å²) >= 11 is 3.44. The third-order valence-electron chi connectivity index (χ3n) is 2.25. The summed E-state index contributed by atoms with van der Waals surface area (Å²) in [5.74, 6) is -0.203. The lowest BCUT2D eigenvalue weighted by atomic mass is 10.1. The minimum Gasteiger partial charge on any atom is -0.206 e. The topological polar surface area (TPSA) is 0 Å². The Morgan fingerprint density at radius 1 is 0.812 bits per heavy atom. The van der Waals surface area contributed by atoms with Crippen molar-refractivity contribution in [2.24, 2.45) is 0 Å². The molecule has 0 aliphatic heterocycles. The van der Waals surface area contributed by atoms with Gasteiger partial charge in [0.05, 0.1) is 0 Å². The van der Waals surface area contributed by atoms with E-state index in [4.69, 9.17) is 0 Å². The molecule has 2 aromatic carbocycles. The average molecular weight is 277 g/mol. The van der Waals surface area contributed by atoms with Crippen molar-refractivity contribution < 1.29 is 4.39 Å². The van der Waals surface area contributed by atoms with Crippen molar-refractivity contribution >= 4 is 28.1 Å². The Hall–Kier alpha value is -1.41. The lowest BCUT2D eigenvalue weighted by molar-refractivity contribution is 0.625. The van der Waals surface area contributed by atoms with Gasteiger partial charge in [-0.15, -0.1) is 0 Å². The van der Waals surface area contributed by atoms with Gasteiger partial charge in [0.1, 0.15) is 5.82 Å². The Morgan fingerprint density at radius 3 is 2.06 bits per heavy atom. The summed E-state index contributed by atoms with van der Waals surface area (Å²) in [6.07, 6.45) is 3.66. The fourth-order valence-corrected chi connectivity index (χ4v) is 1.82. The molecule has 0 fully saturated rings. The van der Waals surface area contributed by atoms with E-state index >= 15 is 0 Å². The van der Waals surface area contributed by atoms with Crippen molar-refractivity contribution in [3.8, 4) is 0 Å². The molecular formula is C14H10BrF. The highest BCUT2D eigenvalue weighted by Crippen LogP contribution is 2.19. The van der Waals surface area contributed by atoms with Gasteiger partial charge in [0.15, 0.2) is 0 Å². The maximum Gasteiger partial charge on any atom is 0.130 e. The molecular weight excluding hydrogens is 267 g/mol. The Morgan fingerprint density at radius 2 is 1.38 bits per heavy atom. The summed E-state index contributed by atoms with van der Waals surface area (Å²) in [4.78, 5) is 0. The van der Waals surface area contributed by atoms with Crippen LogP contribution in [0, 0.1) is 5.82 Å². The van der Waals surface area contributed by atoms with Gasteiger partial charge in [-0.3, -0.25) is 0 Å². The highest BCUT2D eigenvalue weighted by Gasteiger charge is 1.96. The lowest BCUT2D eigenvalue weighted by Crippen LogP contribution is -1.79. The molecule has 0 atom stereocenters. The van der Waals surface area contributed by atoms with Gasteiger partial charge < -0.3 is 0 Å². The van der Waals surface area contributed by atoms with Crippen molar-refractivity contribution in [2.45, 2.75) is 0 Å². The maximum atomic E-state index is 13.3. The van der Waals surface area contributed by atoms with Crippen molar-refractivity contribution in [1.29, 1.82) is 0 Å². The molecule has 2 heteroatoms.